The van der Waals surface area contributed by atoms with E-state index in [2.05, 4.69) is 18.3 Å². The van der Waals surface area contributed by atoms with Crippen LogP contribution in [0.15, 0.2) is 18.2 Å². The maximum absolute atomic E-state index is 11.5. The third-order valence-electron chi connectivity index (χ3n) is 3.17. The molecule has 0 heterocycles. The molecule has 1 aliphatic rings. The molecule has 0 aliphatic heterocycles. The van der Waals surface area contributed by atoms with Crippen LogP contribution >= 0.6 is 0 Å². The lowest BCUT2D eigenvalue weighted by Crippen LogP contribution is -2.19. The van der Waals surface area contributed by atoms with Gasteiger partial charge >= 0.3 is 0 Å². The second kappa shape index (κ2) is 4.05. The molecule has 1 N–H and O–H groups in total. The Balaban J connectivity index is 2.32. The van der Waals surface area contributed by atoms with Gasteiger partial charge in [-0.3, -0.25) is 4.79 Å². The molecule has 0 saturated carbocycles. The van der Waals surface area contributed by atoms with Crippen LogP contribution in [0.5, 0.6) is 0 Å². The van der Waals surface area contributed by atoms with Crippen molar-refractivity contribution in [3.8, 4) is 0 Å². The minimum atomic E-state index is 0.0102. The molecule has 2 rings (SSSR count). The minimum absolute atomic E-state index is 0.0102. The first kappa shape index (κ1) is 10.2. The summed E-state index contributed by atoms with van der Waals surface area (Å²) in [6, 6.07) is 6.07. The number of hydrogen-bond acceptors (Lipinski definition) is 1. The maximum Gasteiger partial charge on any atom is 0.251 e. The van der Waals surface area contributed by atoms with Gasteiger partial charge < -0.3 is 5.32 Å². The Bertz CT molecular complexity index is 384. The number of rotatable bonds is 1. The van der Waals surface area contributed by atoms with Crippen molar-refractivity contribution in [2.24, 2.45) is 5.92 Å². The summed E-state index contributed by atoms with van der Waals surface area (Å²) in [5, 5.41) is 2.66. The standard InChI is InChI=1S/C13H17NO/c1-9-3-4-10-5-6-11(13(15)14-2)8-12(10)7-9/h5-6,8-9H,3-4,7H2,1-2H3,(H,14,15). The monoisotopic (exact) mass is 203 g/mol. The van der Waals surface area contributed by atoms with Crippen LogP contribution < -0.4 is 5.32 Å². The van der Waals surface area contributed by atoms with Crippen LogP contribution in [-0.2, 0) is 12.8 Å². The predicted octanol–water partition coefficient (Wildman–Crippen LogP) is 2.17. The molecule has 0 fully saturated rings. The van der Waals surface area contributed by atoms with Crippen molar-refractivity contribution in [3.05, 3.63) is 34.9 Å². The summed E-state index contributed by atoms with van der Waals surface area (Å²) >= 11 is 0. The van der Waals surface area contributed by atoms with Gasteiger partial charge in [0, 0.05) is 12.6 Å². The normalized spacial score (nSPS) is 19.5. The zero-order chi connectivity index (χ0) is 10.8. The first-order valence-electron chi connectivity index (χ1n) is 5.54. The zero-order valence-corrected chi connectivity index (χ0v) is 9.34. The average Bonchev–Trinajstić information content (AvgIpc) is 2.27. The fourth-order valence-electron chi connectivity index (χ4n) is 2.22. The molecule has 1 aromatic rings. The Labute approximate surface area is 90.7 Å². The Morgan fingerprint density at radius 3 is 2.93 bits per heavy atom. The van der Waals surface area contributed by atoms with Gasteiger partial charge in [-0.05, 0) is 48.4 Å². The van der Waals surface area contributed by atoms with E-state index in [1.165, 1.54) is 17.5 Å². The van der Waals surface area contributed by atoms with E-state index < -0.39 is 0 Å². The van der Waals surface area contributed by atoms with E-state index in [-0.39, 0.29) is 5.91 Å². The van der Waals surface area contributed by atoms with Gasteiger partial charge in [0.15, 0.2) is 0 Å². The third-order valence-corrected chi connectivity index (χ3v) is 3.17. The molecule has 1 aliphatic carbocycles. The van der Waals surface area contributed by atoms with E-state index in [1.807, 2.05) is 12.1 Å². The minimum Gasteiger partial charge on any atom is -0.355 e. The number of nitrogens with one attached hydrogen (secondary N) is 1. The van der Waals surface area contributed by atoms with E-state index in [1.54, 1.807) is 7.05 Å². The van der Waals surface area contributed by atoms with Crippen LogP contribution in [0.1, 0.15) is 34.8 Å². The number of aryl methyl sites for hydroxylation is 1. The summed E-state index contributed by atoms with van der Waals surface area (Å²) in [7, 11) is 1.67. The van der Waals surface area contributed by atoms with Crippen LogP contribution in [0.2, 0.25) is 0 Å². The highest BCUT2D eigenvalue weighted by Gasteiger charge is 2.16. The van der Waals surface area contributed by atoms with Gasteiger partial charge in [-0.15, -0.1) is 0 Å². The molecule has 2 nitrogen and oxygen atoms in total. The molecule has 1 unspecified atom stereocenters. The summed E-state index contributed by atoms with van der Waals surface area (Å²) < 4.78 is 0. The molecule has 2 heteroatoms. The second-order valence-corrected chi connectivity index (χ2v) is 4.41. The first-order valence-corrected chi connectivity index (χ1v) is 5.54. The summed E-state index contributed by atoms with van der Waals surface area (Å²) in [5.41, 5.74) is 3.56. The summed E-state index contributed by atoms with van der Waals surface area (Å²) in [6.45, 7) is 2.27. The van der Waals surface area contributed by atoms with Gasteiger partial charge in [0.1, 0.15) is 0 Å². The van der Waals surface area contributed by atoms with Crippen molar-refractivity contribution < 1.29 is 4.79 Å². The fourth-order valence-corrected chi connectivity index (χ4v) is 2.22. The van der Waals surface area contributed by atoms with Crippen LogP contribution in [0.4, 0.5) is 0 Å². The molecule has 1 atom stereocenters. The lowest BCUT2D eigenvalue weighted by atomic mass is 9.84. The maximum atomic E-state index is 11.5. The number of amides is 1. The summed E-state index contributed by atoms with van der Waals surface area (Å²) in [6.07, 6.45) is 3.54. The SMILES string of the molecule is CNC(=O)c1ccc2c(c1)CC(C)CC2. The van der Waals surface area contributed by atoms with E-state index in [0.717, 1.165) is 24.3 Å². The Morgan fingerprint density at radius 2 is 2.20 bits per heavy atom. The van der Waals surface area contributed by atoms with Gasteiger partial charge in [0.25, 0.3) is 5.91 Å². The van der Waals surface area contributed by atoms with Gasteiger partial charge in [-0.2, -0.15) is 0 Å². The quantitative estimate of drug-likeness (QED) is 0.744. The molecule has 0 saturated heterocycles. The number of hydrogen-bond donors (Lipinski definition) is 1. The van der Waals surface area contributed by atoms with Crippen molar-refractivity contribution in [2.45, 2.75) is 26.2 Å². The van der Waals surface area contributed by atoms with Crippen LogP contribution in [-0.4, -0.2) is 13.0 Å². The number of carbonyl (C=O) groups is 1. The number of fused-ring (bicyclic) bond motifs is 1. The number of benzene rings is 1. The van der Waals surface area contributed by atoms with E-state index in [4.69, 9.17) is 0 Å². The lowest BCUT2D eigenvalue weighted by molar-refractivity contribution is 0.0963. The molecular weight excluding hydrogens is 186 g/mol. The van der Waals surface area contributed by atoms with Gasteiger partial charge in [-0.25, -0.2) is 0 Å². The van der Waals surface area contributed by atoms with Crippen molar-refractivity contribution in [3.63, 3.8) is 0 Å². The van der Waals surface area contributed by atoms with Gasteiger partial charge in [0.05, 0.1) is 0 Å². The van der Waals surface area contributed by atoms with Crippen LogP contribution in [0, 0.1) is 5.92 Å². The van der Waals surface area contributed by atoms with E-state index in [9.17, 15) is 4.79 Å². The summed E-state index contributed by atoms with van der Waals surface area (Å²) in [5.74, 6) is 0.758. The average molecular weight is 203 g/mol. The molecule has 0 spiro atoms. The molecule has 0 bridgehead atoms. The van der Waals surface area contributed by atoms with Crippen molar-refractivity contribution in [1.29, 1.82) is 0 Å². The lowest BCUT2D eigenvalue weighted by Gasteiger charge is -2.21. The van der Waals surface area contributed by atoms with E-state index >= 15 is 0 Å². The molecular formula is C13H17NO. The second-order valence-electron chi connectivity index (χ2n) is 4.41. The van der Waals surface area contributed by atoms with Gasteiger partial charge in [-0.1, -0.05) is 13.0 Å². The third kappa shape index (κ3) is 2.04. The molecule has 0 radical (unpaired) electrons. The molecule has 1 amide bonds. The summed E-state index contributed by atoms with van der Waals surface area (Å²) in [4.78, 5) is 11.5. The smallest absolute Gasteiger partial charge is 0.251 e. The highest BCUT2D eigenvalue weighted by molar-refractivity contribution is 5.94. The zero-order valence-electron chi connectivity index (χ0n) is 9.34. The van der Waals surface area contributed by atoms with Crippen LogP contribution in [0.3, 0.4) is 0 Å². The largest absolute Gasteiger partial charge is 0.355 e. The molecule has 15 heavy (non-hydrogen) atoms. The molecule has 80 valence electrons. The number of carbonyl (C=O) groups excluding carboxylic acids is 1. The van der Waals surface area contributed by atoms with Gasteiger partial charge in [0.2, 0.25) is 0 Å². The van der Waals surface area contributed by atoms with E-state index in [0.29, 0.717) is 0 Å². The first-order chi connectivity index (χ1) is 7.20. The molecule has 1 aromatic carbocycles. The van der Waals surface area contributed by atoms with Crippen molar-refractivity contribution in [1.82, 2.24) is 5.32 Å². The topological polar surface area (TPSA) is 29.1 Å². The highest BCUT2D eigenvalue weighted by atomic mass is 16.1. The highest BCUT2D eigenvalue weighted by Crippen LogP contribution is 2.25. The molecule has 0 aromatic heterocycles. The predicted molar refractivity (Wildman–Crippen MR) is 61.0 cm³/mol. The Hall–Kier alpha value is -1.31. The van der Waals surface area contributed by atoms with Crippen molar-refractivity contribution >= 4 is 5.91 Å². The van der Waals surface area contributed by atoms with Crippen molar-refractivity contribution in [2.75, 3.05) is 7.05 Å². The Morgan fingerprint density at radius 1 is 1.40 bits per heavy atom. The Kier molecular flexibility index (Phi) is 2.76. The fraction of sp³-hybridized carbons (Fsp3) is 0.462. The van der Waals surface area contributed by atoms with Crippen LogP contribution in [0.25, 0.3) is 0 Å².